The molecule has 2 atom stereocenters. The van der Waals surface area contributed by atoms with Gasteiger partial charge in [-0.1, -0.05) is 36.4 Å². The Bertz CT molecular complexity index is 1250. The fraction of sp³-hybridized carbons (Fsp3) is 0.375. The van der Waals surface area contributed by atoms with Gasteiger partial charge in [0.05, 0.1) is 17.7 Å². The number of carbonyl (C=O) groups excluding carboxylic acids is 1. The molecular formula is C24H29N5O5S. The molecule has 0 bridgehead atoms. The van der Waals surface area contributed by atoms with Gasteiger partial charge in [0.2, 0.25) is 0 Å². The van der Waals surface area contributed by atoms with E-state index < -0.39 is 10.5 Å². The maximum absolute atomic E-state index is 13.1. The van der Waals surface area contributed by atoms with Crippen molar-refractivity contribution in [2.75, 3.05) is 33.3 Å². The van der Waals surface area contributed by atoms with Crippen molar-refractivity contribution < 1.29 is 23.1 Å². The van der Waals surface area contributed by atoms with Crippen LogP contribution in [0.2, 0.25) is 0 Å². The highest BCUT2D eigenvalue weighted by molar-refractivity contribution is 7.60. The molecule has 1 saturated heterocycles. The Labute approximate surface area is 205 Å². The van der Waals surface area contributed by atoms with Gasteiger partial charge in [0.15, 0.2) is 6.61 Å². The number of likely N-dealkylation sites (tertiary alicyclic amines) is 1. The van der Waals surface area contributed by atoms with Crippen molar-refractivity contribution in [3.8, 4) is 5.75 Å². The van der Waals surface area contributed by atoms with Crippen molar-refractivity contribution in [3.05, 3.63) is 66.0 Å². The number of rotatable bonds is 7. The molecule has 10 nitrogen and oxygen atoms in total. The van der Waals surface area contributed by atoms with E-state index >= 15 is 0 Å². The number of carbonyl (C=O) groups is 1. The standard InChI is InChI=1S/C24H28N4O3.HNO2S/c1-17-8-9-21(24-23(17)25-11-12-26-24)31-16-22(30)27(2)20(18-6-4-3-5-7-18)15-28-13-10-19(29)14-28;1-4(2)3/h3-9,11-12,19-20,29H,10,13-16H2,1-2H3;1H/t19-,20?;/m0./s1. The lowest BCUT2D eigenvalue weighted by Gasteiger charge is -2.32. The molecule has 2 heterocycles. The zero-order chi connectivity index (χ0) is 25.4. The molecule has 1 aromatic heterocycles. The van der Waals surface area contributed by atoms with Gasteiger partial charge < -0.3 is 14.7 Å². The minimum absolute atomic E-state index is 0.0861. The first kappa shape index (κ1) is 26.2. The molecule has 186 valence electrons. The Morgan fingerprint density at radius 1 is 1.20 bits per heavy atom. The second-order valence-corrected chi connectivity index (χ2v) is 8.76. The maximum atomic E-state index is 13.1. The molecule has 0 saturated carbocycles. The number of ether oxygens (including phenoxy) is 1. The van der Waals surface area contributed by atoms with Crippen molar-refractivity contribution in [3.63, 3.8) is 0 Å². The first-order valence-electron chi connectivity index (χ1n) is 11.1. The number of β-amino-alcohol motifs (C(OH)–C–C–N with tert-alkyl or cyclic N) is 1. The van der Waals surface area contributed by atoms with E-state index in [9.17, 15) is 9.90 Å². The minimum Gasteiger partial charge on any atom is -0.481 e. The van der Waals surface area contributed by atoms with Crippen LogP contribution in [-0.2, 0) is 15.3 Å². The summed E-state index contributed by atoms with van der Waals surface area (Å²) >= 11 is 0. The molecule has 4 rings (SSSR count). The van der Waals surface area contributed by atoms with Crippen molar-refractivity contribution in [2.24, 2.45) is 0 Å². The number of nitrogens with zero attached hydrogens (tertiary/aromatic N) is 4. The number of amides is 1. The van der Waals surface area contributed by atoms with Crippen LogP contribution in [0, 0.1) is 11.7 Å². The van der Waals surface area contributed by atoms with Gasteiger partial charge in [-0.25, -0.2) is 4.98 Å². The smallest absolute Gasteiger partial charge is 0.308 e. The average molecular weight is 500 g/mol. The summed E-state index contributed by atoms with van der Waals surface area (Å²) in [6, 6.07) is 13.6. The van der Waals surface area contributed by atoms with E-state index in [-0.39, 0.29) is 24.7 Å². The van der Waals surface area contributed by atoms with Gasteiger partial charge in [-0.3, -0.25) is 14.7 Å². The quantitative estimate of drug-likeness (QED) is 0.505. The fourth-order valence-corrected chi connectivity index (χ4v) is 4.05. The second kappa shape index (κ2) is 12.3. The molecule has 1 unspecified atom stereocenters. The fourth-order valence-electron chi connectivity index (χ4n) is 4.05. The van der Waals surface area contributed by atoms with Crippen LogP contribution in [-0.4, -0.2) is 78.6 Å². The molecular weight excluding hydrogens is 470 g/mol. The highest BCUT2D eigenvalue weighted by Gasteiger charge is 2.28. The van der Waals surface area contributed by atoms with Crippen LogP contribution >= 0.6 is 0 Å². The number of aliphatic hydroxyl groups is 1. The lowest BCUT2D eigenvalue weighted by molar-refractivity contribution is -0.134. The molecule has 1 amide bonds. The van der Waals surface area contributed by atoms with Crippen LogP contribution in [0.1, 0.15) is 23.6 Å². The number of nitrogens with one attached hydrogen (secondary N) is 1. The maximum Gasteiger partial charge on any atom is 0.308 e. The highest BCUT2D eigenvalue weighted by Crippen LogP contribution is 2.26. The predicted octanol–water partition coefficient (Wildman–Crippen LogP) is 2.21. The van der Waals surface area contributed by atoms with Crippen LogP contribution in [0.5, 0.6) is 5.75 Å². The largest absolute Gasteiger partial charge is 0.481 e. The van der Waals surface area contributed by atoms with Gasteiger partial charge in [0.1, 0.15) is 11.3 Å². The first-order chi connectivity index (χ1) is 16.8. The summed E-state index contributed by atoms with van der Waals surface area (Å²) in [7, 11) is -0.803. The van der Waals surface area contributed by atoms with E-state index in [4.69, 9.17) is 17.9 Å². The number of aliphatic hydroxyl groups excluding tert-OH is 1. The van der Waals surface area contributed by atoms with Crippen molar-refractivity contribution in [1.29, 1.82) is 4.78 Å². The predicted molar refractivity (Wildman–Crippen MR) is 130 cm³/mol. The molecule has 0 radical (unpaired) electrons. The topological polar surface area (TPSA) is 137 Å². The summed E-state index contributed by atoms with van der Waals surface area (Å²) in [5.41, 5.74) is 3.50. The number of aryl methyl sites for hydroxylation is 1. The van der Waals surface area contributed by atoms with E-state index in [2.05, 4.69) is 14.9 Å². The number of hydrogen-bond donors (Lipinski definition) is 2. The summed E-state index contributed by atoms with van der Waals surface area (Å²) in [5.74, 6) is 0.431. The minimum atomic E-state index is -2.61. The molecule has 2 aromatic carbocycles. The third-order valence-electron chi connectivity index (χ3n) is 5.86. The zero-order valence-corrected chi connectivity index (χ0v) is 20.5. The molecule has 0 aliphatic carbocycles. The third kappa shape index (κ3) is 7.28. The SMILES string of the molecule is Cc1ccc(OCC(=O)N(C)C(CN2CC[C@H](O)C2)c2ccccc2)c2nccnc12.N=S(=O)=O. The van der Waals surface area contributed by atoms with Crippen LogP contribution in [0.4, 0.5) is 0 Å². The molecule has 3 aromatic rings. The Morgan fingerprint density at radius 2 is 1.86 bits per heavy atom. The number of benzene rings is 2. The lowest BCUT2D eigenvalue weighted by Crippen LogP contribution is -2.40. The Hall–Kier alpha value is -3.41. The third-order valence-corrected chi connectivity index (χ3v) is 5.86. The van der Waals surface area contributed by atoms with Gasteiger partial charge in [0, 0.05) is 39.1 Å². The van der Waals surface area contributed by atoms with Crippen LogP contribution in [0.25, 0.3) is 11.0 Å². The Balaban J connectivity index is 0.000000795. The second-order valence-electron chi connectivity index (χ2n) is 8.29. The van der Waals surface area contributed by atoms with E-state index in [1.165, 1.54) is 0 Å². The summed E-state index contributed by atoms with van der Waals surface area (Å²) in [6.07, 6.45) is 3.75. The van der Waals surface area contributed by atoms with Crippen LogP contribution in [0.15, 0.2) is 54.9 Å². The monoisotopic (exact) mass is 499 g/mol. The highest BCUT2D eigenvalue weighted by atomic mass is 32.2. The van der Waals surface area contributed by atoms with Crippen molar-refractivity contribution in [1.82, 2.24) is 19.8 Å². The molecule has 1 fully saturated rings. The molecule has 0 spiro atoms. The summed E-state index contributed by atoms with van der Waals surface area (Å²) in [4.78, 5) is 25.8. The number of fused-ring (bicyclic) bond motifs is 1. The van der Waals surface area contributed by atoms with Gasteiger partial charge in [-0.15, -0.1) is 0 Å². The van der Waals surface area contributed by atoms with E-state index in [1.807, 2.05) is 56.4 Å². The van der Waals surface area contributed by atoms with Gasteiger partial charge in [-0.2, -0.15) is 13.2 Å². The number of aromatic nitrogens is 2. The number of hydrogen-bond acceptors (Lipinski definition) is 9. The Kier molecular flexibility index (Phi) is 9.24. The molecule has 35 heavy (non-hydrogen) atoms. The normalized spacial score (nSPS) is 16.3. The molecule has 2 N–H and O–H groups in total. The molecule has 11 heteroatoms. The summed E-state index contributed by atoms with van der Waals surface area (Å²) in [6.45, 7) is 4.02. The van der Waals surface area contributed by atoms with E-state index in [1.54, 1.807) is 17.3 Å². The van der Waals surface area contributed by atoms with Crippen molar-refractivity contribution in [2.45, 2.75) is 25.5 Å². The first-order valence-corrected chi connectivity index (χ1v) is 12.2. The Morgan fingerprint density at radius 3 is 2.49 bits per heavy atom. The summed E-state index contributed by atoms with van der Waals surface area (Å²) in [5, 5.41) is 9.89. The van der Waals surface area contributed by atoms with Gasteiger partial charge in [-0.05, 0) is 30.5 Å². The average Bonchev–Trinajstić information content (AvgIpc) is 3.26. The van der Waals surface area contributed by atoms with E-state index in [0.29, 0.717) is 24.4 Å². The molecule has 1 aliphatic rings. The lowest BCUT2D eigenvalue weighted by atomic mass is 10.0. The van der Waals surface area contributed by atoms with Crippen molar-refractivity contribution >= 4 is 27.4 Å². The molecule has 1 aliphatic heterocycles. The zero-order valence-electron chi connectivity index (χ0n) is 19.7. The summed E-state index contributed by atoms with van der Waals surface area (Å²) < 4.78 is 28.7. The van der Waals surface area contributed by atoms with Gasteiger partial charge in [0.25, 0.3) is 5.91 Å². The number of likely N-dealkylation sites (N-methyl/N-ethyl adjacent to an activating group) is 1. The van der Waals surface area contributed by atoms with Crippen LogP contribution in [0.3, 0.4) is 0 Å². The van der Waals surface area contributed by atoms with E-state index in [0.717, 1.165) is 29.6 Å². The van der Waals surface area contributed by atoms with Gasteiger partial charge >= 0.3 is 10.5 Å². The van der Waals surface area contributed by atoms with Crippen LogP contribution < -0.4 is 4.74 Å².